The minimum Gasteiger partial charge on any atom is -0.462 e. The summed E-state index contributed by atoms with van der Waals surface area (Å²) in [5.74, 6) is -0.798. The molecule has 9 nitrogen and oxygen atoms in total. The van der Waals surface area contributed by atoms with Gasteiger partial charge in [-0.1, -0.05) is 217 Å². The van der Waals surface area contributed by atoms with Crippen LogP contribution in [0.5, 0.6) is 0 Å². The van der Waals surface area contributed by atoms with Gasteiger partial charge in [-0.15, -0.1) is 0 Å². The fourth-order valence-corrected chi connectivity index (χ4v) is 8.64. The Morgan fingerprint density at radius 2 is 0.794 bits per heavy atom. The van der Waals surface area contributed by atoms with Gasteiger partial charge in [0.25, 0.3) is 0 Å². The summed E-state index contributed by atoms with van der Waals surface area (Å²) in [5, 5.41) is 0. The fraction of sp³-hybridized carbons (Fsp3) is 0.828. The molecule has 0 saturated carbocycles. The van der Waals surface area contributed by atoms with E-state index in [1.807, 2.05) is 21.1 Å². The van der Waals surface area contributed by atoms with Gasteiger partial charge in [-0.25, -0.2) is 4.57 Å². The number of esters is 2. The number of hydrogen-bond acceptors (Lipinski definition) is 7. The van der Waals surface area contributed by atoms with Crippen molar-refractivity contribution in [3.8, 4) is 0 Å². The smallest absolute Gasteiger partial charge is 0.462 e. The van der Waals surface area contributed by atoms with Crippen LogP contribution < -0.4 is 0 Å². The summed E-state index contributed by atoms with van der Waals surface area (Å²) in [4.78, 5) is 35.6. The molecule has 68 heavy (non-hydrogen) atoms. The van der Waals surface area contributed by atoms with Crippen LogP contribution in [0.3, 0.4) is 0 Å². The third-order valence-corrected chi connectivity index (χ3v) is 13.3. The van der Waals surface area contributed by atoms with Crippen molar-refractivity contribution in [2.45, 2.75) is 264 Å². The zero-order valence-electron chi connectivity index (χ0n) is 45.1. The van der Waals surface area contributed by atoms with Crippen LogP contribution in [0.2, 0.25) is 0 Å². The monoisotopic (exact) mass is 979 g/mol. The number of carbonyl (C=O) groups excluding carboxylic acids is 2. The van der Waals surface area contributed by atoms with Gasteiger partial charge < -0.3 is 18.9 Å². The molecule has 398 valence electrons. The van der Waals surface area contributed by atoms with Crippen molar-refractivity contribution in [3.63, 3.8) is 0 Å². The standard InChI is InChI=1S/C58H108NO8P/c1-6-8-10-12-14-16-18-20-22-24-25-26-27-28-29-30-31-32-33-35-37-39-41-43-45-47-49-51-58(61)67-56(55-66-68(62,63)65-53-52-59(3,4)5)54-64-57(60)50-48-46-44-42-40-38-36-34-23-21-19-17-15-13-11-9-7-2/h18,20-21,23-25,27-28,56H,6-17,19,22,26,29-55H2,1-5H3/p+1/b20-18-,23-21-,25-24-,28-27-. The second-order valence-electron chi connectivity index (χ2n) is 20.3. The Morgan fingerprint density at radius 1 is 0.456 bits per heavy atom. The van der Waals surface area contributed by atoms with Gasteiger partial charge in [0.05, 0.1) is 27.7 Å². The maximum atomic E-state index is 12.8. The Labute approximate surface area is 420 Å². The maximum Gasteiger partial charge on any atom is 0.472 e. The number of phosphoric acid groups is 1. The van der Waals surface area contributed by atoms with Crippen LogP contribution in [-0.4, -0.2) is 74.9 Å². The molecule has 0 amide bonds. The van der Waals surface area contributed by atoms with Crippen molar-refractivity contribution in [1.82, 2.24) is 0 Å². The Hall–Kier alpha value is -2.03. The molecule has 10 heteroatoms. The van der Waals surface area contributed by atoms with Crippen molar-refractivity contribution in [3.05, 3.63) is 48.6 Å². The largest absolute Gasteiger partial charge is 0.472 e. The number of phosphoric ester groups is 1. The van der Waals surface area contributed by atoms with Crippen LogP contribution >= 0.6 is 7.82 Å². The second kappa shape index (κ2) is 49.9. The predicted octanol–water partition coefficient (Wildman–Crippen LogP) is 17.4. The minimum atomic E-state index is -4.38. The maximum absolute atomic E-state index is 12.8. The van der Waals surface area contributed by atoms with E-state index in [-0.39, 0.29) is 32.0 Å². The molecule has 0 saturated heterocycles. The number of ether oxygens (including phenoxy) is 2. The summed E-state index contributed by atoms with van der Waals surface area (Å²) >= 11 is 0. The molecule has 0 aliphatic carbocycles. The third-order valence-electron chi connectivity index (χ3n) is 12.3. The fourth-order valence-electron chi connectivity index (χ4n) is 7.90. The van der Waals surface area contributed by atoms with E-state index in [1.54, 1.807) is 0 Å². The Balaban J connectivity index is 4.16. The molecule has 0 bridgehead atoms. The summed E-state index contributed by atoms with van der Waals surface area (Å²) < 4.78 is 34.5. The van der Waals surface area contributed by atoms with E-state index in [1.165, 1.54) is 173 Å². The van der Waals surface area contributed by atoms with Crippen LogP contribution in [0.1, 0.15) is 258 Å². The first-order valence-electron chi connectivity index (χ1n) is 28.4. The SMILES string of the molecule is CCCCCCC/C=C\C/C=C\C/C=C\CCCCCCCCCCCCCCC(=O)OC(COC(=O)CCCCCCCCC/C=C\CCCCCCCC)COP(=O)(O)OCC[N+](C)(C)C. The number of carbonyl (C=O) groups is 2. The van der Waals surface area contributed by atoms with Gasteiger partial charge >= 0.3 is 19.8 Å². The lowest BCUT2D eigenvalue weighted by atomic mass is 10.0. The minimum absolute atomic E-state index is 0.0304. The molecule has 0 spiro atoms. The van der Waals surface area contributed by atoms with Crippen molar-refractivity contribution in [2.24, 2.45) is 0 Å². The van der Waals surface area contributed by atoms with Gasteiger partial charge in [-0.05, 0) is 77.0 Å². The van der Waals surface area contributed by atoms with Gasteiger partial charge in [0.15, 0.2) is 6.10 Å². The molecular weight excluding hydrogens is 870 g/mol. The number of rotatable bonds is 52. The highest BCUT2D eigenvalue weighted by Crippen LogP contribution is 2.43. The molecule has 0 heterocycles. The Morgan fingerprint density at radius 3 is 1.19 bits per heavy atom. The lowest BCUT2D eigenvalue weighted by Gasteiger charge is -2.24. The van der Waals surface area contributed by atoms with E-state index < -0.39 is 26.5 Å². The zero-order chi connectivity index (χ0) is 49.9. The molecule has 0 aromatic heterocycles. The van der Waals surface area contributed by atoms with Gasteiger partial charge in [0.2, 0.25) is 0 Å². The van der Waals surface area contributed by atoms with Crippen LogP contribution in [0, 0.1) is 0 Å². The lowest BCUT2D eigenvalue weighted by Crippen LogP contribution is -2.37. The number of unbranched alkanes of at least 4 members (excludes halogenated alkanes) is 30. The average Bonchev–Trinajstić information content (AvgIpc) is 3.30. The summed E-state index contributed by atoms with van der Waals surface area (Å²) in [5.41, 5.74) is 0. The average molecular weight is 979 g/mol. The van der Waals surface area contributed by atoms with Crippen molar-refractivity contribution in [2.75, 3.05) is 47.5 Å². The van der Waals surface area contributed by atoms with Crippen LogP contribution in [0.15, 0.2) is 48.6 Å². The summed E-state index contributed by atoms with van der Waals surface area (Å²) in [6.07, 6.45) is 61.7. The number of hydrogen-bond donors (Lipinski definition) is 1. The normalized spacial score (nSPS) is 13.7. The van der Waals surface area contributed by atoms with E-state index in [9.17, 15) is 19.0 Å². The highest BCUT2D eigenvalue weighted by molar-refractivity contribution is 7.47. The van der Waals surface area contributed by atoms with Crippen molar-refractivity contribution in [1.29, 1.82) is 0 Å². The molecule has 2 atom stereocenters. The second-order valence-corrected chi connectivity index (χ2v) is 21.8. The molecule has 0 aromatic rings. The lowest BCUT2D eigenvalue weighted by molar-refractivity contribution is -0.870. The molecule has 0 fully saturated rings. The zero-order valence-corrected chi connectivity index (χ0v) is 46.0. The van der Waals surface area contributed by atoms with Gasteiger partial charge in [0.1, 0.15) is 19.8 Å². The van der Waals surface area contributed by atoms with Crippen LogP contribution in [0.25, 0.3) is 0 Å². The van der Waals surface area contributed by atoms with E-state index in [2.05, 4.69) is 62.5 Å². The first-order chi connectivity index (χ1) is 33.0. The summed E-state index contributed by atoms with van der Waals surface area (Å²) in [6.45, 7) is 4.43. The number of nitrogens with zero attached hydrogens (tertiary/aromatic N) is 1. The molecule has 2 unspecified atom stereocenters. The Kier molecular flexibility index (Phi) is 48.4. The number of likely N-dealkylation sites (N-methyl/N-ethyl adjacent to an activating group) is 1. The van der Waals surface area contributed by atoms with Crippen LogP contribution in [0.4, 0.5) is 0 Å². The van der Waals surface area contributed by atoms with E-state index in [4.69, 9.17) is 18.5 Å². The number of quaternary nitrogens is 1. The van der Waals surface area contributed by atoms with E-state index >= 15 is 0 Å². The highest BCUT2D eigenvalue weighted by Gasteiger charge is 2.27. The molecule has 0 aliphatic heterocycles. The molecule has 0 aliphatic rings. The summed E-state index contributed by atoms with van der Waals surface area (Å²) in [7, 11) is 1.48. The molecule has 0 radical (unpaired) electrons. The molecule has 0 aromatic carbocycles. The number of allylic oxidation sites excluding steroid dienone is 8. The van der Waals surface area contributed by atoms with Crippen LogP contribution in [-0.2, 0) is 32.7 Å². The first kappa shape index (κ1) is 66.0. The van der Waals surface area contributed by atoms with Gasteiger partial charge in [-0.2, -0.15) is 0 Å². The quantitative estimate of drug-likeness (QED) is 0.0211. The molecule has 0 rings (SSSR count). The third kappa shape index (κ3) is 53.3. The Bertz CT molecular complexity index is 1290. The predicted molar refractivity (Wildman–Crippen MR) is 289 cm³/mol. The van der Waals surface area contributed by atoms with Gasteiger partial charge in [-0.3, -0.25) is 18.6 Å². The van der Waals surface area contributed by atoms with E-state index in [0.717, 1.165) is 51.4 Å². The van der Waals surface area contributed by atoms with E-state index in [0.29, 0.717) is 17.4 Å². The topological polar surface area (TPSA) is 108 Å². The molecular formula is C58H109NO8P+. The first-order valence-corrected chi connectivity index (χ1v) is 29.9. The van der Waals surface area contributed by atoms with Crippen molar-refractivity contribution >= 4 is 19.8 Å². The van der Waals surface area contributed by atoms with Crippen molar-refractivity contribution < 1.29 is 42.1 Å². The molecule has 1 N–H and O–H groups in total. The van der Waals surface area contributed by atoms with Gasteiger partial charge in [0, 0.05) is 12.8 Å². The summed E-state index contributed by atoms with van der Waals surface area (Å²) in [6, 6.07) is 0. The highest BCUT2D eigenvalue weighted by atomic mass is 31.2.